The standard InChI is InChI=1S/C20H36O7/c1-4-22-9-10-24-11-12-25-16-17-7-8-18(20(21)26-6-3)19(15-17)27-14-13-23-5-2/h16,18-19H,4-15H2,1-3H3. The maximum atomic E-state index is 12.2. The average molecular weight is 389 g/mol. The molecular formula is C20H36O7. The molecule has 158 valence electrons. The van der Waals surface area contributed by atoms with Crippen molar-refractivity contribution in [3.63, 3.8) is 0 Å². The lowest BCUT2D eigenvalue weighted by atomic mass is 9.83. The van der Waals surface area contributed by atoms with Crippen LogP contribution in [0.5, 0.6) is 0 Å². The fourth-order valence-corrected chi connectivity index (χ4v) is 2.88. The molecule has 0 bridgehead atoms. The van der Waals surface area contributed by atoms with Gasteiger partial charge in [0.2, 0.25) is 0 Å². The van der Waals surface area contributed by atoms with Gasteiger partial charge in [-0.3, -0.25) is 4.79 Å². The van der Waals surface area contributed by atoms with Gasteiger partial charge in [0, 0.05) is 13.2 Å². The lowest BCUT2D eigenvalue weighted by Gasteiger charge is -2.31. The van der Waals surface area contributed by atoms with E-state index >= 15 is 0 Å². The molecule has 0 amide bonds. The van der Waals surface area contributed by atoms with Crippen molar-refractivity contribution < 1.29 is 33.2 Å². The number of carbonyl (C=O) groups excluding carboxylic acids is 1. The van der Waals surface area contributed by atoms with Gasteiger partial charge >= 0.3 is 5.97 Å². The van der Waals surface area contributed by atoms with E-state index < -0.39 is 0 Å². The summed E-state index contributed by atoms with van der Waals surface area (Å²) in [6, 6.07) is 0. The zero-order valence-electron chi connectivity index (χ0n) is 17.1. The summed E-state index contributed by atoms with van der Waals surface area (Å²) in [6.07, 6.45) is 3.76. The molecule has 1 aliphatic rings. The largest absolute Gasteiger partial charge is 0.499 e. The Labute approximate surface area is 163 Å². The molecule has 1 saturated carbocycles. The van der Waals surface area contributed by atoms with Crippen molar-refractivity contribution in [2.24, 2.45) is 5.92 Å². The Balaban J connectivity index is 2.38. The molecule has 0 heterocycles. The fraction of sp³-hybridized carbons (Fsp3) is 0.850. The molecule has 0 aromatic carbocycles. The molecule has 0 N–H and O–H groups in total. The average Bonchev–Trinajstić information content (AvgIpc) is 2.67. The lowest BCUT2D eigenvalue weighted by molar-refractivity contribution is -0.155. The van der Waals surface area contributed by atoms with Crippen molar-refractivity contribution in [3.8, 4) is 0 Å². The Morgan fingerprint density at radius 1 is 0.926 bits per heavy atom. The predicted octanol–water partition coefficient (Wildman–Crippen LogP) is 2.72. The Hall–Kier alpha value is -1.15. The number of ether oxygens (including phenoxy) is 6. The van der Waals surface area contributed by atoms with Crippen LogP contribution in [0.3, 0.4) is 0 Å². The Bertz CT molecular complexity index is 411. The first-order valence-electron chi connectivity index (χ1n) is 10.0. The molecule has 1 rings (SSSR count). The minimum atomic E-state index is -0.231. The second-order valence-electron chi connectivity index (χ2n) is 6.16. The van der Waals surface area contributed by atoms with E-state index in [2.05, 4.69) is 0 Å². The van der Waals surface area contributed by atoms with Gasteiger partial charge in [-0.2, -0.15) is 0 Å². The van der Waals surface area contributed by atoms with Crippen LogP contribution in [0.1, 0.15) is 40.0 Å². The summed E-state index contributed by atoms with van der Waals surface area (Å²) in [7, 11) is 0. The van der Waals surface area contributed by atoms with E-state index in [-0.39, 0.29) is 18.0 Å². The third kappa shape index (κ3) is 10.7. The molecule has 0 aliphatic heterocycles. The van der Waals surface area contributed by atoms with E-state index in [1.54, 1.807) is 6.26 Å². The second kappa shape index (κ2) is 15.9. The molecule has 2 atom stereocenters. The smallest absolute Gasteiger partial charge is 0.311 e. The van der Waals surface area contributed by atoms with Crippen LogP contribution in [0.4, 0.5) is 0 Å². The highest BCUT2D eigenvalue weighted by molar-refractivity contribution is 5.73. The van der Waals surface area contributed by atoms with Gasteiger partial charge < -0.3 is 28.4 Å². The molecule has 0 radical (unpaired) electrons. The Morgan fingerprint density at radius 2 is 1.59 bits per heavy atom. The molecule has 0 saturated heterocycles. The van der Waals surface area contributed by atoms with Crippen molar-refractivity contribution in [2.45, 2.75) is 46.1 Å². The van der Waals surface area contributed by atoms with Gasteiger partial charge in [0.1, 0.15) is 6.61 Å². The number of rotatable bonds is 15. The molecule has 2 unspecified atom stereocenters. The Kier molecular flexibility index (Phi) is 14.0. The van der Waals surface area contributed by atoms with E-state index in [0.29, 0.717) is 72.3 Å². The van der Waals surface area contributed by atoms with Crippen LogP contribution < -0.4 is 0 Å². The first-order valence-corrected chi connectivity index (χ1v) is 10.0. The molecule has 7 heteroatoms. The molecular weight excluding hydrogens is 352 g/mol. The van der Waals surface area contributed by atoms with E-state index in [0.717, 1.165) is 12.0 Å². The van der Waals surface area contributed by atoms with Crippen molar-refractivity contribution in [1.29, 1.82) is 0 Å². The topological polar surface area (TPSA) is 72.5 Å². The summed E-state index contributed by atoms with van der Waals surface area (Å²) >= 11 is 0. The lowest BCUT2D eigenvalue weighted by Crippen LogP contribution is -2.36. The van der Waals surface area contributed by atoms with E-state index in [9.17, 15) is 4.79 Å². The van der Waals surface area contributed by atoms with E-state index in [1.165, 1.54) is 0 Å². The normalized spacial score (nSPS) is 21.4. The van der Waals surface area contributed by atoms with Crippen molar-refractivity contribution in [1.82, 2.24) is 0 Å². The molecule has 1 aliphatic carbocycles. The number of esters is 1. The summed E-state index contributed by atoms with van der Waals surface area (Å²) in [5, 5.41) is 0. The van der Waals surface area contributed by atoms with Gasteiger partial charge in [0.15, 0.2) is 0 Å². The highest BCUT2D eigenvalue weighted by Gasteiger charge is 2.34. The van der Waals surface area contributed by atoms with Crippen LogP contribution >= 0.6 is 0 Å². The molecule has 0 aromatic heterocycles. The highest BCUT2D eigenvalue weighted by Crippen LogP contribution is 2.31. The summed E-state index contributed by atoms with van der Waals surface area (Å²) in [5.41, 5.74) is 1.14. The van der Waals surface area contributed by atoms with Crippen LogP contribution in [0.2, 0.25) is 0 Å². The highest BCUT2D eigenvalue weighted by atomic mass is 16.6. The minimum Gasteiger partial charge on any atom is -0.499 e. The fourth-order valence-electron chi connectivity index (χ4n) is 2.88. The summed E-state index contributed by atoms with van der Waals surface area (Å²) in [5.74, 6) is -0.410. The minimum absolute atomic E-state index is 0.179. The van der Waals surface area contributed by atoms with Gasteiger partial charge in [0.05, 0.1) is 57.9 Å². The van der Waals surface area contributed by atoms with Crippen molar-refractivity contribution in [3.05, 3.63) is 11.8 Å². The van der Waals surface area contributed by atoms with Crippen LogP contribution in [0.25, 0.3) is 0 Å². The SMILES string of the molecule is CCOCCOCCOC=C1CCC(C(=O)OCC)C(OCCOCC)C1. The van der Waals surface area contributed by atoms with Crippen LogP contribution in [0, 0.1) is 5.92 Å². The van der Waals surface area contributed by atoms with Crippen LogP contribution in [0.15, 0.2) is 11.8 Å². The first kappa shape index (κ1) is 23.9. The quantitative estimate of drug-likeness (QED) is 0.243. The summed E-state index contributed by atoms with van der Waals surface area (Å²) in [6.45, 7) is 10.7. The van der Waals surface area contributed by atoms with Gasteiger partial charge in [-0.25, -0.2) is 0 Å². The number of hydrogen-bond acceptors (Lipinski definition) is 7. The monoisotopic (exact) mass is 388 g/mol. The van der Waals surface area contributed by atoms with Crippen LogP contribution in [-0.4, -0.2) is 71.5 Å². The van der Waals surface area contributed by atoms with Gasteiger partial charge in [-0.05, 0) is 45.6 Å². The maximum Gasteiger partial charge on any atom is 0.311 e. The van der Waals surface area contributed by atoms with Gasteiger partial charge in [0.25, 0.3) is 0 Å². The zero-order chi connectivity index (χ0) is 19.7. The molecule has 0 spiro atoms. The third-order valence-electron chi connectivity index (χ3n) is 4.21. The van der Waals surface area contributed by atoms with Crippen molar-refractivity contribution in [2.75, 3.05) is 59.5 Å². The predicted molar refractivity (Wildman–Crippen MR) is 102 cm³/mol. The molecule has 1 fully saturated rings. The van der Waals surface area contributed by atoms with Gasteiger partial charge in [-0.15, -0.1) is 0 Å². The maximum absolute atomic E-state index is 12.2. The Morgan fingerprint density at radius 3 is 2.30 bits per heavy atom. The second-order valence-corrected chi connectivity index (χ2v) is 6.16. The van der Waals surface area contributed by atoms with Crippen LogP contribution in [-0.2, 0) is 33.2 Å². The van der Waals surface area contributed by atoms with E-state index in [4.69, 9.17) is 28.4 Å². The summed E-state index contributed by atoms with van der Waals surface area (Å²) < 4.78 is 32.6. The van der Waals surface area contributed by atoms with Gasteiger partial charge in [-0.1, -0.05) is 0 Å². The number of carbonyl (C=O) groups is 1. The molecule has 0 aromatic rings. The third-order valence-corrected chi connectivity index (χ3v) is 4.21. The summed E-state index contributed by atoms with van der Waals surface area (Å²) in [4.78, 5) is 12.2. The van der Waals surface area contributed by atoms with Crippen molar-refractivity contribution >= 4 is 5.97 Å². The number of hydrogen-bond donors (Lipinski definition) is 0. The van der Waals surface area contributed by atoms with E-state index in [1.807, 2.05) is 20.8 Å². The molecule has 7 nitrogen and oxygen atoms in total. The molecule has 27 heavy (non-hydrogen) atoms. The zero-order valence-corrected chi connectivity index (χ0v) is 17.1. The first-order chi connectivity index (χ1) is 13.2.